The zero-order chi connectivity index (χ0) is 13.7. The standard InChI is InChI=1S/C16H25NO2/c1-13(2)19-15-8-5-4-7-14(15)11-17-12-16(3)9-6-10-18-16/h4-5,7-8,13,17H,6,9-12H2,1-3H3. The highest BCUT2D eigenvalue weighted by Crippen LogP contribution is 2.24. The number of ether oxygens (including phenoxy) is 2. The van der Waals surface area contributed by atoms with Crippen molar-refractivity contribution in [1.29, 1.82) is 0 Å². The molecule has 1 aliphatic rings. The fourth-order valence-electron chi connectivity index (χ4n) is 2.46. The van der Waals surface area contributed by atoms with Gasteiger partial charge in [0.25, 0.3) is 0 Å². The predicted molar refractivity (Wildman–Crippen MR) is 77.5 cm³/mol. The quantitative estimate of drug-likeness (QED) is 0.855. The minimum absolute atomic E-state index is 0.00779. The summed E-state index contributed by atoms with van der Waals surface area (Å²) in [6.07, 6.45) is 2.52. The highest BCUT2D eigenvalue weighted by Gasteiger charge is 2.29. The van der Waals surface area contributed by atoms with E-state index in [1.165, 1.54) is 12.0 Å². The van der Waals surface area contributed by atoms with Crippen LogP contribution in [0.1, 0.15) is 39.2 Å². The third-order valence-electron chi connectivity index (χ3n) is 3.45. The summed E-state index contributed by atoms with van der Waals surface area (Å²) in [5, 5.41) is 3.49. The molecule has 3 heteroatoms. The minimum Gasteiger partial charge on any atom is -0.491 e. The van der Waals surface area contributed by atoms with Gasteiger partial charge in [-0.2, -0.15) is 0 Å². The Morgan fingerprint density at radius 2 is 2.16 bits per heavy atom. The zero-order valence-corrected chi connectivity index (χ0v) is 12.2. The lowest BCUT2D eigenvalue weighted by molar-refractivity contribution is 0.0206. The van der Waals surface area contributed by atoms with Gasteiger partial charge in [0.05, 0.1) is 11.7 Å². The Bertz CT molecular complexity index is 397. The molecule has 1 atom stereocenters. The first-order valence-electron chi connectivity index (χ1n) is 7.18. The Balaban J connectivity index is 1.88. The number of benzene rings is 1. The lowest BCUT2D eigenvalue weighted by Gasteiger charge is -2.24. The van der Waals surface area contributed by atoms with Gasteiger partial charge in [0, 0.05) is 25.3 Å². The van der Waals surface area contributed by atoms with Gasteiger partial charge in [0.15, 0.2) is 0 Å². The number of para-hydroxylation sites is 1. The molecular formula is C16H25NO2. The van der Waals surface area contributed by atoms with Crippen molar-refractivity contribution in [3.05, 3.63) is 29.8 Å². The average Bonchev–Trinajstić information content (AvgIpc) is 2.78. The maximum absolute atomic E-state index is 5.82. The molecule has 0 aliphatic carbocycles. The lowest BCUT2D eigenvalue weighted by Crippen LogP contribution is -2.36. The molecule has 0 bridgehead atoms. The summed E-state index contributed by atoms with van der Waals surface area (Å²) in [5.74, 6) is 0.975. The van der Waals surface area contributed by atoms with Gasteiger partial charge in [-0.1, -0.05) is 18.2 Å². The largest absolute Gasteiger partial charge is 0.491 e. The number of hydrogen-bond donors (Lipinski definition) is 1. The lowest BCUT2D eigenvalue weighted by atomic mass is 10.0. The molecule has 1 fully saturated rings. The van der Waals surface area contributed by atoms with E-state index in [0.717, 1.165) is 31.9 Å². The molecule has 19 heavy (non-hydrogen) atoms. The fourth-order valence-corrected chi connectivity index (χ4v) is 2.46. The summed E-state index contributed by atoms with van der Waals surface area (Å²) in [5.41, 5.74) is 1.21. The molecule has 0 amide bonds. The van der Waals surface area contributed by atoms with E-state index in [1.807, 2.05) is 12.1 Å². The first-order valence-corrected chi connectivity index (χ1v) is 7.18. The van der Waals surface area contributed by atoms with E-state index in [9.17, 15) is 0 Å². The molecule has 3 nitrogen and oxygen atoms in total. The number of rotatable bonds is 6. The van der Waals surface area contributed by atoms with Crippen LogP contribution >= 0.6 is 0 Å². The molecule has 0 spiro atoms. The van der Waals surface area contributed by atoms with E-state index in [0.29, 0.717) is 0 Å². The molecule has 0 saturated carbocycles. The van der Waals surface area contributed by atoms with Crippen LogP contribution in [0.3, 0.4) is 0 Å². The average molecular weight is 263 g/mol. The fraction of sp³-hybridized carbons (Fsp3) is 0.625. The van der Waals surface area contributed by atoms with Crippen molar-refractivity contribution < 1.29 is 9.47 Å². The Morgan fingerprint density at radius 3 is 2.84 bits per heavy atom. The van der Waals surface area contributed by atoms with Crippen molar-refractivity contribution in [3.63, 3.8) is 0 Å². The molecule has 1 unspecified atom stereocenters. The first-order chi connectivity index (χ1) is 9.09. The van der Waals surface area contributed by atoms with Crippen molar-refractivity contribution >= 4 is 0 Å². The Labute approximate surface area is 116 Å². The van der Waals surface area contributed by atoms with Crippen molar-refractivity contribution in [2.45, 2.75) is 51.9 Å². The van der Waals surface area contributed by atoms with E-state index >= 15 is 0 Å². The SMILES string of the molecule is CC(C)Oc1ccccc1CNCC1(C)CCCO1. The molecule has 1 aromatic rings. The smallest absolute Gasteiger partial charge is 0.124 e. The maximum atomic E-state index is 5.82. The molecule has 1 heterocycles. The van der Waals surface area contributed by atoms with E-state index in [1.54, 1.807) is 0 Å². The van der Waals surface area contributed by atoms with Crippen molar-refractivity contribution in [1.82, 2.24) is 5.32 Å². The van der Waals surface area contributed by atoms with Crippen molar-refractivity contribution in [2.75, 3.05) is 13.2 Å². The van der Waals surface area contributed by atoms with Gasteiger partial charge in [-0.05, 0) is 39.7 Å². The number of hydrogen-bond acceptors (Lipinski definition) is 3. The van der Waals surface area contributed by atoms with Gasteiger partial charge >= 0.3 is 0 Å². The van der Waals surface area contributed by atoms with Gasteiger partial charge in [-0.3, -0.25) is 0 Å². The third kappa shape index (κ3) is 4.22. The summed E-state index contributed by atoms with van der Waals surface area (Å²) >= 11 is 0. The molecule has 1 aromatic carbocycles. The highest BCUT2D eigenvalue weighted by atomic mass is 16.5. The summed E-state index contributed by atoms with van der Waals surface area (Å²) in [4.78, 5) is 0. The molecule has 0 aromatic heterocycles. The van der Waals surface area contributed by atoms with Crippen LogP contribution in [0.25, 0.3) is 0 Å². The van der Waals surface area contributed by atoms with E-state index in [4.69, 9.17) is 9.47 Å². The Morgan fingerprint density at radius 1 is 1.37 bits per heavy atom. The molecule has 1 saturated heterocycles. The van der Waals surface area contributed by atoms with Crippen LogP contribution in [0.2, 0.25) is 0 Å². The minimum atomic E-state index is 0.00779. The molecule has 2 rings (SSSR count). The zero-order valence-electron chi connectivity index (χ0n) is 12.2. The van der Waals surface area contributed by atoms with Gasteiger partial charge in [0.2, 0.25) is 0 Å². The first kappa shape index (κ1) is 14.4. The second-order valence-corrected chi connectivity index (χ2v) is 5.78. The monoisotopic (exact) mass is 263 g/mol. The second kappa shape index (κ2) is 6.40. The van der Waals surface area contributed by atoms with Gasteiger partial charge in [-0.25, -0.2) is 0 Å². The summed E-state index contributed by atoms with van der Waals surface area (Å²) in [6, 6.07) is 8.22. The van der Waals surface area contributed by atoms with Gasteiger partial charge < -0.3 is 14.8 Å². The van der Waals surface area contributed by atoms with Crippen LogP contribution in [-0.4, -0.2) is 24.9 Å². The van der Waals surface area contributed by atoms with Crippen LogP contribution in [0, 0.1) is 0 Å². The Hall–Kier alpha value is -1.06. The molecule has 106 valence electrons. The van der Waals surface area contributed by atoms with E-state index in [2.05, 4.69) is 38.2 Å². The number of nitrogens with one attached hydrogen (secondary N) is 1. The topological polar surface area (TPSA) is 30.5 Å². The molecule has 1 aliphatic heterocycles. The van der Waals surface area contributed by atoms with Crippen LogP contribution in [0.15, 0.2) is 24.3 Å². The van der Waals surface area contributed by atoms with Crippen LogP contribution < -0.4 is 10.1 Å². The van der Waals surface area contributed by atoms with Gasteiger partial charge in [0.1, 0.15) is 5.75 Å². The maximum Gasteiger partial charge on any atom is 0.124 e. The predicted octanol–water partition coefficient (Wildman–Crippen LogP) is 3.13. The van der Waals surface area contributed by atoms with Crippen molar-refractivity contribution in [2.24, 2.45) is 0 Å². The van der Waals surface area contributed by atoms with Crippen molar-refractivity contribution in [3.8, 4) is 5.75 Å². The van der Waals surface area contributed by atoms with E-state index in [-0.39, 0.29) is 11.7 Å². The van der Waals surface area contributed by atoms with Crippen LogP contribution in [0.5, 0.6) is 5.75 Å². The second-order valence-electron chi connectivity index (χ2n) is 5.78. The summed E-state index contributed by atoms with van der Waals surface area (Å²) < 4.78 is 11.6. The normalized spacial score (nSPS) is 22.9. The third-order valence-corrected chi connectivity index (χ3v) is 3.45. The summed E-state index contributed by atoms with van der Waals surface area (Å²) in [7, 11) is 0. The molecule has 1 N–H and O–H groups in total. The van der Waals surface area contributed by atoms with Crippen LogP contribution in [0.4, 0.5) is 0 Å². The summed E-state index contributed by atoms with van der Waals surface area (Å²) in [6.45, 7) is 8.90. The Kier molecular flexibility index (Phi) is 4.83. The highest BCUT2D eigenvalue weighted by molar-refractivity contribution is 5.33. The molecule has 0 radical (unpaired) electrons. The van der Waals surface area contributed by atoms with Crippen LogP contribution in [-0.2, 0) is 11.3 Å². The molecular weight excluding hydrogens is 238 g/mol. The van der Waals surface area contributed by atoms with Gasteiger partial charge in [-0.15, -0.1) is 0 Å². The van der Waals surface area contributed by atoms with E-state index < -0.39 is 0 Å².